The van der Waals surface area contributed by atoms with Gasteiger partial charge in [-0.25, -0.2) is 0 Å². The van der Waals surface area contributed by atoms with Gasteiger partial charge in [0.25, 0.3) is 0 Å². The molecule has 6 unspecified atom stereocenters. The Balaban J connectivity index is 1.51. The first kappa shape index (κ1) is 19.3. The van der Waals surface area contributed by atoms with Gasteiger partial charge in [-0.1, -0.05) is 30.4 Å². The van der Waals surface area contributed by atoms with Gasteiger partial charge < -0.3 is 0 Å². The Labute approximate surface area is 171 Å². The van der Waals surface area contributed by atoms with E-state index in [2.05, 4.69) is 0 Å². The molecule has 8 heteroatoms. The van der Waals surface area contributed by atoms with Gasteiger partial charge in [-0.15, -0.1) is 0 Å². The molecular formula is C22H21F3N2O3. The first-order valence-corrected chi connectivity index (χ1v) is 10.1. The van der Waals surface area contributed by atoms with E-state index in [1.54, 1.807) is 32.0 Å². The third kappa shape index (κ3) is 2.58. The topological polar surface area (TPSA) is 57.7 Å². The van der Waals surface area contributed by atoms with Crippen LogP contribution in [0.15, 0.2) is 30.4 Å². The van der Waals surface area contributed by atoms with Crippen molar-refractivity contribution in [2.45, 2.75) is 26.4 Å². The molecule has 1 heterocycles. The quantitative estimate of drug-likeness (QED) is 0.560. The first-order chi connectivity index (χ1) is 14.1. The second-order valence-corrected chi connectivity index (χ2v) is 8.87. The zero-order valence-electron chi connectivity index (χ0n) is 16.5. The Morgan fingerprint density at radius 1 is 1.03 bits per heavy atom. The molecule has 2 saturated carbocycles. The van der Waals surface area contributed by atoms with Crippen LogP contribution in [0, 0.1) is 49.4 Å². The predicted octanol–water partition coefficient (Wildman–Crippen LogP) is 3.21. The average molecular weight is 418 g/mol. The van der Waals surface area contributed by atoms with Crippen molar-refractivity contribution in [2.24, 2.45) is 35.5 Å². The summed E-state index contributed by atoms with van der Waals surface area (Å²) in [5.74, 6) is -3.30. The molecule has 6 atom stereocenters. The van der Waals surface area contributed by atoms with E-state index in [0.29, 0.717) is 27.9 Å². The van der Waals surface area contributed by atoms with E-state index < -0.39 is 42.4 Å². The monoisotopic (exact) mass is 418 g/mol. The van der Waals surface area contributed by atoms with Crippen molar-refractivity contribution in [3.63, 3.8) is 0 Å². The molecule has 1 aromatic rings. The minimum atomic E-state index is -5.13. The molecule has 3 amide bonds. The molecule has 6 rings (SSSR count). The number of carbonyl (C=O) groups excluding carboxylic acids is 3. The lowest BCUT2D eigenvalue weighted by Gasteiger charge is -2.37. The Kier molecular flexibility index (Phi) is 3.98. The maximum absolute atomic E-state index is 13.4. The number of alkyl halides is 3. The van der Waals surface area contributed by atoms with Crippen molar-refractivity contribution in [2.75, 3.05) is 11.6 Å². The maximum atomic E-state index is 13.4. The van der Waals surface area contributed by atoms with Crippen molar-refractivity contribution in [1.29, 1.82) is 0 Å². The molecule has 2 bridgehead atoms. The summed E-state index contributed by atoms with van der Waals surface area (Å²) in [7, 11) is 0. The number of halogens is 3. The van der Waals surface area contributed by atoms with Crippen LogP contribution in [-0.4, -0.2) is 35.5 Å². The van der Waals surface area contributed by atoms with E-state index in [1.807, 2.05) is 12.2 Å². The highest BCUT2D eigenvalue weighted by molar-refractivity contribution is 6.08. The normalized spacial score (nSPS) is 33.6. The lowest BCUT2D eigenvalue weighted by molar-refractivity contribution is -0.171. The van der Waals surface area contributed by atoms with E-state index >= 15 is 0 Å². The summed E-state index contributed by atoms with van der Waals surface area (Å²) in [6.07, 6.45) is -0.135. The molecule has 5 nitrogen and oxygen atoms in total. The van der Waals surface area contributed by atoms with E-state index in [9.17, 15) is 27.6 Å². The van der Waals surface area contributed by atoms with Gasteiger partial charge in [-0.2, -0.15) is 13.2 Å². The number of allylic oxidation sites excluding steroid dienone is 2. The third-order valence-corrected chi connectivity index (χ3v) is 7.23. The number of carbonyl (C=O) groups is 3. The SMILES string of the molecule is Cc1cccc(C)c1N(CN1C(=O)C2C3C=CC(C4CC34)C2C1=O)C(=O)C(F)(F)F. The van der Waals surface area contributed by atoms with Crippen molar-refractivity contribution < 1.29 is 27.6 Å². The summed E-state index contributed by atoms with van der Waals surface area (Å²) >= 11 is 0. The fraction of sp³-hybridized carbons (Fsp3) is 0.500. The lowest BCUT2D eigenvalue weighted by Crippen LogP contribution is -2.50. The Morgan fingerprint density at radius 2 is 1.53 bits per heavy atom. The van der Waals surface area contributed by atoms with Crippen LogP contribution in [0.2, 0.25) is 0 Å². The Bertz CT molecular complexity index is 946. The van der Waals surface area contributed by atoms with E-state index in [0.717, 1.165) is 11.3 Å². The average Bonchev–Trinajstić information content (AvgIpc) is 3.46. The summed E-state index contributed by atoms with van der Waals surface area (Å²) in [5.41, 5.74) is 1.01. The molecule has 5 aliphatic rings. The van der Waals surface area contributed by atoms with Crippen LogP contribution in [0.1, 0.15) is 17.5 Å². The molecule has 1 aromatic carbocycles. The molecule has 3 fully saturated rings. The smallest absolute Gasteiger partial charge is 0.285 e. The van der Waals surface area contributed by atoms with Crippen LogP contribution < -0.4 is 4.90 Å². The van der Waals surface area contributed by atoms with Crippen molar-refractivity contribution in [3.05, 3.63) is 41.5 Å². The third-order valence-electron chi connectivity index (χ3n) is 7.23. The molecule has 4 aliphatic carbocycles. The summed E-state index contributed by atoms with van der Waals surface area (Å²) in [6, 6.07) is 4.88. The van der Waals surface area contributed by atoms with Crippen LogP contribution in [-0.2, 0) is 14.4 Å². The molecule has 30 heavy (non-hydrogen) atoms. The van der Waals surface area contributed by atoms with Crippen molar-refractivity contribution in [3.8, 4) is 0 Å². The molecule has 0 radical (unpaired) electrons. The molecule has 0 aromatic heterocycles. The standard InChI is InChI=1S/C22H21F3N2O3/c1-10-4-3-5-11(2)18(10)26(21(30)22(23,24)25)9-27-19(28)16-12-6-7-13(15-8-14(12)15)17(16)20(27)29/h3-7,12-17H,8-9H2,1-2H3. The van der Waals surface area contributed by atoms with Crippen LogP contribution >= 0.6 is 0 Å². The van der Waals surface area contributed by atoms with Gasteiger partial charge in [0.15, 0.2) is 0 Å². The predicted molar refractivity (Wildman–Crippen MR) is 101 cm³/mol. The highest BCUT2D eigenvalue weighted by Gasteiger charge is 2.67. The second-order valence-electron chi connectivity index (χ2n) is 8.87. The van der Waals surface area contributed by atoms with Gasteiger partial charge in [0.2, 0.25) is 11.8 Å². The van der Waals surface area contributed by atoms with Crippen LogP contribution in [0.5, 0.6) is 0 Å². The minimum Gasteiger partial charge on any atom is -0.285 e. The zero-order valence-corrected chi connectivity index (χ0v) is 16.5. The number of aryl methyl sites for hydroxylation is 2. The fourth-order valence-corrected chi connectivity index (χ4v) is 5.92. The number of anilines is 1. The number of para-hydroxylation sites is 1. The lowest BCUT2D eigenvalue weighted by atomic mass is 9.63. The maximum Gasteiger partial charge on any atom is 0.471 e. The number of hydrogen-bond acceptors (Lipinski definition) is 3. The molecule has 1 saturated heterocycles. The number of nitrogens with zero attached hydrogens (tertiary/aromatic N) is 2. The number of benzene rings is 1. The van der Waals surface area contributed by atoms with Crippen LogP contribution in [0.3, 0.4) is 0 Å². The number of likely N-dealkylation sites (tertiary alicyclic amines) is 1. The molecule has 0 spiro atoms. The summed E-state index contributed by atoms with van der Waals surface area (Å²) in [5, 5.41) is 0. The number of hydrogen-bond donors (Lipinski definition) is 0. The number of rotatable bonds is 3. The highest BCUT2D eigenvalue weighted by Crippen LogP contribution is 2.65. The van der Waals surface area contributed by atoms with Gasteiger partial charge in [0.05, 0.1) is 17.5 Å². The van der Waals surface area contributed by atoms with Crippen molar-refractivity contribution in [1.82, 2.24) is 4.90 Å². The second kappa shape index (κ2) is 6.18. The van der Waals surface area contributed by atoms with Gasteiger partial charge in [0.1, 0.15) is 6.67 Å². The van der Waals surface area contributed by atoms with Gasteiger partial charge in [0, 0.05) is 0 Å². The molecule has 158 valence electrons. The Hall–Kier alpha value is -2.64. The van der Waals surface area contributed by atoms with Gasteiger partial charge >= 0.3 is 12.1 Å². The minimum absolute atomic E-state index is 0.0292. The number of imide groups is 1. The fourth-order valence-electron chi connectivity index (χ4n) is 5.92. The highest BCUT2D eigenvalue weighted by atomic mass is 19.4. The molecule has 0 N–H and O–H groups in total. The van der Waals surface area contributed by atoms with E-state index in [-0.39, 0.29) is 17.5 Å². The number of amides is 3. The summed E-state index contributed by atoms with van der Waals surface area (Å²) < 4.78 is 40.2. The van der Waals surface area contributed by atoms with Gasteiger partial charge in [-0.3, -0.25) is 24.2 Å². The molecule has 1 aliphatic heterocycles. The van der Waals surface area contributed by atoms with Gasteiger partial charge in [-0.05, 0) is 55.1 Å². The van der Waals surface area contributed by atoms with E-state index in [4.69, 9.17) is 0 Å². The zero-order chi connectivity index (χ0) is 21.5. The van der Waals surface area contributed by atoms with Crippen LogP contribution in [0.25, 0.3) is 0 Å². The largest absolute Gasteiger partial charge is 0.471 e. The van der Waals surface area contributed by atoms with Crippen molar-refractivity contribution >= 4 is 23.4 Å². The summed E-state index contributed by atoms with van der Waals surface area (Å²) in [6.45, 7) is 2.48. The van der Waals surface area contributed by atoms with Crippen LogP contribution in [0.4, 0.5) is 18.9 Å². The Morgan fingerprint density at radius 3 is 2.00 bits per heavy atom. The summed E-state index contributed by atoms with van der Waals surface area (Å²) in [4.78, 5) is 40.1. The first-order valence-electron chi connectivity index (χ1n) is 10.1. The molecular weight excluding hydrogens is 397 g/mol. The van der Waals surface area contributed by atoms with E-state index in [1.165, 1.54) is 0 Å².